The highest BCUT2D eigenvalue weighted by Gasteiger charge is 2.26. The first kappa shape index (κ1) is 29.5. The first-order valence-corrected chi connectivity index (χ1v) is 15.3. The van der Waals surface area contributed by atoms with E-state index in [1.54, 1.807) is 19.4 Å². The minimum atomic E-state index is 0.143. The Morgan fingerprint density at radius 2 is 1.72 bits per heavy atom. The Bertz CT molecular complexity index is 1550. The number of aliphatic imine (C=N–C) groups is 1. The Kier molecular flexibility index (Phi) is 9.44. The highest BCUT2D eigenvalue weighted by atomic mass is 16.5. The van der Waals surface area contributed by atoms with Gasteiger partial charge < -0.3 is 29.4 Å². The maximum atomic E-state index is 10.2. The van der Waals surface area contributed by atoms with E-state index in [9.17, 15) is 5.11 Å². The van der Waals surface area contributed by atoms with E-state index in [-0.39, 0.29) is 5.75 Å². The minimum Gasteiger partial charge on any atom is -0.504 e. The first-order valence-electron chi connectivity index (χ1n) is 15.3. The summed E-state index contributed by atoms with van der Waals surface area (Å²) in [4.78, 5) is 14.7. The number of ether oxygens (including phenoxy) is 1. The Hall–Kier alpha value is -3.62. The van der Waals surface area contributed by atoms with Crippen LogP contribution in [0.25, 0.3) is 16.6 Å². The largest absolute Gasteiger partial charge is 0.504 e. The molecule has 0 bridgehead atoms. The second-order valence-electron chi connectivity index (χ2n) is 11.3. The average Bonchev–Trinajstić information content (AvgIpc) is 3.68. The van der Waals surface area contributed by atoms with Gasteiger partial charge in [0.05, 0.1) is 23.7 Å². The summed E-state index contributed by atoms with van der Waals surface area (Å²) in [6, 6.07) is 13.8. The van der Waals surface area contributed by atoms with Crippen molar-refractivity contribution in [3.63, 3.8) is 0 Å². The van der Waals surface area contributed by atoms with Crippen LogP contribution in [0.4, 0.5) is 5.82 Å². The number of benzene rings is 2. The number of anilines is 1. The lowest BCUT2D eigenvalue weighted by molar-refractivity contribution is 0.132. The van der Waals surface area contributed by atoms with Gasteiger partial charge in [-0.3, -0.25) is 4.99 Å². The molecule has 1 aliphatic carbocycles. The molecule has 0 unspecified atom stereocenters. The molecule has 2 aliphatic rings. The molecule has 8 nitrogen and oxygen atoms in total. The van der Waals surface area contributed by atoms with Crippen LogP contribution >= 0.6 is 0 Å². The van der Waals surface area contributed by atoms with E-state index < -0.39 is 0 Å². The number of hydrogen-bond acceptors (Lipinski definition) is 7. The lowest BCUT2D eigenvalue weighted by Gasteiger charge is -2.34. The maximum Gasteiger partial charge on any atom is 0.166 e. The number of nitrogens with one attached hydrogen (secondary N) is 1. The molecular formula is C35H41N6O2. The third kappa shape index (κ3) is 6.65. The predicted octanol–water partition coefficient (Wildman–Crippen LogP) is 5.19. The number of methoxy groups -OCH3 is 1. The van der Waals surface area contributed by atoms with E-state index in [2.05, 4.69) is 87.6 Å². The summed E-state index contributed by atoms with van der Waals surface area (Å²) in [5, 5.41) is 13.9. The summed E-state index contributed by atoms with van der Waals surface area (Å²) in [6.45, 7) is 10.3. The van der Waals surface area contributed by atoms with E-state index in [1.807, 2.05) is 12.1 Å². The van der Waals surface area contributed by atoms with Gasteiger partial charge in [-0.15, -0.1) is 0 Å². The van der Waals surface area contributed by atoms with Crippen LogP contribution in [0.2, 0.25) is 0 Å². The second-order valence-corrected chi connectivity index (χ2v) is 11.3. The monoisotopic (exact) mass is 577 g/mol. The van der Waals surface area contributed by atoms with Crippen molar-refractivity contribution in [2.75, 3.05) is 64.8 Å². The molecule has 2 aromatic heterocycles. The molecule has 4 aromatic rings. The fourth-order valence-electron chi connectivity index (χ4n) is 6.12. The number of aromatic hydroxyl groups is 1. The standard InChI is InChI=1S/C35H41N6O2/c1-26-25-41-30-14-6-5-13-29(30)38-35(33(41)32(26)27-10-3-4-11-27)37-17-9-19-40-22-20-39(21-23-40)18-8-16-36-24-28-12-7-15-31(43-2)34(28)42/h3-7,10-15,24-25,42H,8-9,16-23H2,1-2H3,(H,37,38). The Balaban J connectivity index is 0.970. The molecule has 2 N–H and O–H groups in total. The lowest BCUT2D eigenvalue weighted by Crippen LogP contribution is -2.47. The molecule has 2 fully saturated rings. The lowest BCUT2D eigenvalue weighted by atomic mass is 9.95. The van der Waals surface area contributed by atoms with Gasteiger partial charge in [0, 0.05) is 63.2 Å². The smallest absolute Gasteiger partial charge is 0.166 e. The van der Waals surface area contributed by atoms with Gasteiger partial charge in [0.25, 0.3) is 0 Å². The molecule has 1 saturated heterocycles. The Morgan fingerprint density at radius 3 is 2.49 bits per heavy atom. The van der Waals surface area contributed by atoms with Gasteiger partial charge in [0.15, 0.2) is 17.3 Å². The summed E-state index contributed by atoms with van der Waals surface area (Å²) in [5.74, 6) is 2.81. The molecular weight excluding hydrogens is 536 g/mol. The van der Waals surface area contributed by atoms with Crippen LogP contribution in [0.15, 0.2) is 53.7 Å². The summed E-state index contributed by atoms with van der Waals surface area (Å²) < 4.78 is 7.47. The molecule has 0 amide bonds. The molecule has 3 heterocycles. The average molecular weight is 578 g/mol. The Morgan fingerprint density at radius 1 is 0.977 bits per heavy atom. The van der Waals surface area contributed by atoms with E-state index in [1.165, 1.54) is 17.0 Å². The zero-order valence-electron chi connectivity index (χ0n) is 25.2. The van der Waals surface area contributed by atoms with Crippen LogP contribution in [0.5, 0.6) is 11.5 Å². The normalized spacial score (nSPS) is 17.1. The second kappa shape index (κ2) is 13.8. The zero-order chi connectivity index (χ0) is 29.6. The van der Waals surface area contributed by atoms with Crippen molar-refractivity contribution >= 4 is 28.6 Å². The topological polar surface area (TPSA) is 77.6 Å². The summed E-state index contributed by atoms with van der Waals surface area (Å²) >= 11 is 0. The van der Waals surface area contributed by atoms with Gasteiger partial charge in [-0.05, 0) is 93.9 Å². The highest BCUT2D eigenvalue weighted by Crippen LogP contribution is 2.39. The molecule has 223 valence electrons. The van der Waals surface area contributed by atoms with Crippen molar-refractivity contribution in [2.24, 2.45) is 4.99 Å². The predicted molar refractivity (Wildman–Crippen MR) is 175 cm³/mol. The fraction of sp³-hybridized carbons (Fsp3) is 0.343. The number of phenols is 1. The first-order chi connectivity index (χ1) is 21.1. The highest BCUT2D eigenvalue weighted by molar-refractivity contribution is 5.89. The van der Waals surface area contributed by atoms with Crippen molar-refractivity contribution < 1.29 is 9.84 Å². The van der Waals surface area contributed by atoms with Crippen LogP contribution in [0, 0.1) is 38.5 Å². The van der Waals surface area contributed by atoms with Crippen LogP contribution in [0.3, 0.4) is 0 Å². The number of para-hydroxylation sites is 3. The molecule has 1 aliphatic heterocycles. The van der Waals surface area contributed by atoms with Gasteiger partial charge >= 0.3 is 0 Å². The van der Waals surface area contributed by atoms with Crippen molar-refractivity contribution in [2.45, 2.75) is 19.8 Å². The third-order valence-corrected chi connectivity index (χ3v) is 8.39. The van der Waals surface area contributed by atoms with E-state index in [0.717, 1.165) is 87.6 Å². The van der Waals surface area contributed by atoms with Gasteiger partial charge in [-0.2, -0.15) is 0 Å². The molecule has 1 saturated carbocycles. The molecule has 0 atom stereocenters. The maximum absolute atomic E-state index is 10.2. The van der Waals surface area contributed by atoms with Crippen molar-refractivity contribution in [1.82, 2.24) is 19.2 Å². The summed E-state index contributed by atoms with van der Waals surface area (Å²) in [7, 11) is 1.55. The molecule has 6 rings (SSSR count). The Labute approximate surface area is 255 Å². The molecule has 5 radical (unpaired) electrons. The van der Waals surface area contributed by atoms with E-state index in [0.29, 0.717) is 11.3 Å². The molecule has 2 aromatic carbocycles. The molecule has 43 heavy (non-hydrogen) atoms. The van der Waals surface area contributed by atoms with Gasteiger partial charge in [-0.25, -0.2) is 4.98 Å². The minimum absolute atomic E-state index is 0.143. The molecule has 8 heteroatoms. The van der Waals surface area contributed by atoms with Gasteiger partial charge in [0.1, 0.15) is 0 Å². The van der Waals surface area contributed by atoms with E-state index >= 15 is 0 Å². The number of aromatic nitrogens is 2. The number of piperazine rings is 1. The quantitative estimate of drug-likeness (QED) is 0.178. The number of nitrogens with zero attached hydrogens (tertiary/aromatic N) is 5. The van der Waals surface area contributed by atoms with Crippen LogP contribution < -0.4 is 10.1 Å². The summed E-state index contributed by atoms with van der Waals surface area (Å²) in [6.07, 6.45) is 14.6. The van der Waals surface area contributed by atoms with Gasteiger partial charge in [0.2, 0.25) is 0 Å². The summed E-state index contributed by atoms with van der Waals surface area (Å²) in [5.41, 5.74) is 6.49. The van der Waals surface area contributed by atoms with Gasteiger partial charge in [-0.1, -0.05) is 18.2 Å². The number of fused-ring (bicyclic) bond motifs is 3. The number of aryl methyl sites for hydroxylation is 1. The zero-order valence-corrected chi connectivity index (χ0v) is 25.2. The third-order valence-electron chi connectivity index (χ3n) is 8.39. The van der Waals surface area contributed by atoms with Crippen molar-refractivity contribution in [3.05, 3.63) is 97.0 Å². The van der Waals surface area contributed by atoms with Crippen molar-refractivity contribution in [1.29, 1.82) is 0 Å². The van der Waals surface area contributed by atoms with Crippen LogP contribution in [0.1, 0.15) is 29.5 Å². The number of hydrogen-bond donors (Lipinski definition) is 2. The number of phenolic OH excluding ortho intramolecular Hbond substituents is 1. The van der Waals surface area contributed by atoms with Crippen molar-refractivity contribution in [3.8, 4) is 11.5 Å². The van der Waals surface area contributed by atoms with E-state index in [4.69, 9.17) is 9.72 Å². The fourth-order valence-corrected chi connectivity index (χ4v) is 6.12. The molecule has 0 spiro atoms. The van der Waals surface area contributed by atoms with Crippen LogP contribution in [-0.2, 0) is 0 Å². The number of rotatable bonds is 12. The van der Waals surface area contributed by atoms with Crippen LogP contribution in [-0.4, -0.2) is 90.0 Å². The SMILES string of the molecule is COc1cccc(C=NCCCN2CCN(CCCNc3nc4ccccc4n4cc(C)c([C]5[CH][CH][CH][CH]5)c34)CC2)c1O.